The number of hydrogen-bond acceptors (Lipinski definition) is 8. The fourth-order valence-corrected chi connectivity index (χ4v) is 5.54. The molecular weight excluding hydrogens is 737 g/mol. The van der Waals surface area contributed by atoms with Crippen LogP contribution in [0.2, 0.25) is 0 Å². The first-order valence-corrected chi connectivity index (χ1v) is 22.2. The predicted octanol–water partition coefficient (Wildman–Crippen LogP) is 11.6. The zero-order valence-corrected chi connectivity index (χ0v) is 35.6. The molecule has 0 amide bonds. The number of quaternary nitrogens is 1. The van der Waals surface area contributed by atoms with Crippen molar-refractivity contribution >= 4 is 19.8 Å². The first kappa shape index (κ1) is 39.4. The number of ether oxygens (including phenoxy) is 2. The summed E-state index contributed by atoms with van der Waals surface area (Å²) in [4.78, 5) is 38.0. The van der Waals surface area contributed by atoms with Gasteiger partial charge in [-0.05, 0) is 83.5 Å². The molecule has 324 valence electrons. The monoisotopic (exact) mass is 825 g/mol. The normalized spacial score (nSPS) is 17.6. The molecule has 57 heavy (non-hydrogen) atoms. The Kier molecular flexibility index (Phi) is 26.6. The lowest BCUT2D eigenvalue weighted by atomic mass is 10.2. The molecule has 9 nitrogen and oxygen atoms in total. The predicted molar refractivity (Wildman–Crippen MR) is 235 cm³/mol. The van der Waals surface area contributed by atoms with Crippen LogP contribution in [0.15, 0.2) is 97.2 Å². The van der Waals surface area contributed by atoms with E-state index in [9.17, 15) is 19.0 Å². The fourth-order valence-electron chi connectivity index (χ4n) is 4.81. The summed E-state index contributed by atoms with van der Waals surface area (Å²) in [5.74, 6) is -1.36. The summed E-state index contributed by atoms with van der Waals surface area (Å²) in [5, 5.41) is 0. The molecule has 0 heterocycles. The van der Waals surface area contributed by atoms with Crippen LogP contribution in [-0.4, -0.2) is 69.8 Å². The number of rotatable bonds is 37. The van der Waals surface area contributed by atoms with Crippen molar-refractivity contribution in [2.24, 2.45) is 0 Å². The standard InChI is InChI=1S/C47H78NO8P/c1-6-8-10-12-14-16-18-20-22-24-26-28-30-32-34-36-38-40-47(50)56-45(44-55-57(51,52)54-42-41-48(3,4)5)43-53-46(49)39-37-35-33-31-29-27-25-23-21-19-17-15-13-11-9-7-2/h14-17,20-23,26-29,32-35,45H,6-13,18-19,24-25,30-31,36-44H2,1-5H3/b16-14-,17-15-,22-20-,23-21-,28-26-,29-27-,34-32-,35-33-/t45-/m1/s1/i3D3,4D3,5D3. The molecule has 2 atom stereocenters. The first-order valence-electron chi connectivity index (χ1n) is 25.3. The SMILES string of the molecule is [2H]C([2H])([2H])[N+](CCOP(=O)([O-])OC[C@@H](COC(=O)CC/C=C\C/C=C\C/C=C\C/C=C\CCCCC)OC(=O)CCC/C=C\C/C=C\C/C=C\C/C=C\CCCCC)(C([2H])([2H])[2H])C([2H])([2H])[2H]. The van der Waals surface area contributed by atoms with E-state index in [1.807, 2.05) is 30.4 Å². The summed E-state index contributed by atoms with van der Waals surface area (Å²) in [5.41, 5.74) is 0. The van der Waals surface area contributed by atoms with E-state index >= 15 is 0 Å². The quantitative estimate of drug-likeness (QED) is 0.0200. The van der Waals surface area contributed by atoms with Crippen LogP contribution >= 0.6 is 7.82 Å². The highest BCUT2D eigenvalue weighted by atomic mass is 31.2. The molecule has 0 aliphatic heterocycles. The van der Waals surface area contributed by atoms with Gasteiger partial charge in [0.2, 0.25) is 0 Å². The molecule has 10 heteroatoms. The Balaban J connectivity index is 5.19. The Morgan fingerprint density at radius 3 is 1.47 bits per heavy atom. The zero-order valence-electron chi connectivity index (χ0n) is 43.7. The largest absolute Gasteiger partial charge is 0.756 e. The molecule has 0 radical (unpaired) electrons. The summed E-state index contributed by atoms with van der Waals surface area (Å²) >= 11 is 0. The van der Waals surface area contributed by atoms with E-state index in [0.717, 1.165) is 44.9 Å². The molecule has 0 aromatic heterocycles. The molecule has 0 spiro atoms. The number of esters is 2. The van der Waals surface area contributed by atoms with Gasteiger partial charge in [0, 0.05) is 12.8 Å². The number of phosphoric ester groups is 1. The number of unbranched alkanes of at least 4 members (excludes halogenated alkanes) is 7. The van der Waals surface area contributed by atoms with Crippen molar-refractivity contribution in [1.82, 2.24) is 0 Å². The summed E-state index contributed by atoms with van der Waals surface area (Å²) in [6.45, 7) is -10.3. The molecule has 0 saturated heterocycles. The highest BCUT2D eigenvalue weighted by molar-refractivity contribution is 7.45. The van der Waals surface area contributed by atoms with Gasteiger partial charge in [-0.3, -0.25) is 14.2 Å². The van der Waals surface area contributed by atoms with E-state index in [2.05, 4.69) is 85.2 Å². The molecule has 0 fully saturated rings. The minimum absolute atomic E-state index is 0.00878. The van der Waals surface area contributed by atoms with Gasteiger partial charge in [0.25, 0.3) is 7.82 Å². The van der Waals surface area contributed by atoms with Gasteiger partial charge in [0.1, 0.15) is 19.8 Å². The summed E-state index contributed by atoms with van der Waals surface area (Å²) < 4.78 is 99.7. The van der Waals surface area contributed by atoms with Crippen LogP contribution in [0.25, 0.3) is 0 Å². The van der Waals surface area contributed by atoms with Gasteiger partial charge < -0.3 is 27.9 Å². The van der Waals surface area contributed by atoms with Crippen molar-refractivity contribution in [2.75, 3.05) is 47.3 Å². The Hall–Kier alpha value is -3.07. The molecule has 0 aromatic carbocycles. The molecule has 0 aliphatic carbocycles. The van der Waals surface area contributed by atoms with Crippen LogP contribution in [-0.2, 0) is 32.7 Å². The molecule has 0 rings (SSSR count). The molecule has 0 N–H and O–H groups in total. The third-order valence-corrected chi connectivity index (χ3v) is 8.97. The number of carbonyl (C=O) groups excluding carboxylic acids is 2. The second kappa shape index (κ2) is 38.4. The van der Waals surface area contributed by atoms with Gasteiger partial charge >= 0.3 is 11.9 Å². The van der Waals surface area contributed by atoms with E-state index in [4.69, 9.17) is 26.3 Å². The number of carbonyl (C=O) groups is 2. The lowest BCUT2D eigenvalue weighted by molar-refractivity contribution is -0.870. The van der Waals surface area contributed by atoms with Gasteiger partial charge in [-0.25, -0.2) is 0 Å². The maximum absolute atomic E-state index is 12.8. The molecular formula is C47H78NO8P. The number of nitrogens with zero attached hydrogens (tertiary/aromatic N) is 1. The smallest absolute Gasteiger partial charge is 0.306 e. The Morgan fingerprint density at radius 1 is 0.579 bits per heavy atom. The minimum Gasteiger partial charge on any atom is -0.756 e. The fraction of sp³-hybridized carbons (Fsp3) is 0.617. The average molecular weight is 825 g/mol. The number of likely N-dealkylation sites (N-methyl/N-ethyl adjacent to an activating group) is 1. The zero-order chi connectivity index (χ0) is 49.6. The summed E-state index contributed by atoms with van der Waals surface area (Å²) in [7, 11) is -5.37. The van der Waals surface area contributed by atoms with E-state index in [0.29, 0.717) is 25.7 Å². The van der Waals surface area contributed by atoms with E-state index in [1.54, 1.807) is 0 Å². The van der Waals surface area contributed by atoms with Crippen molar-refractivity contribution in [3.05, 3.63) is 97.2 Å². The van der Waals surface area contributed by atoms with Crippen LogP contribution in [0.1, 0.15) is 148 Å². The maximum atomic E-state index is 12.8. The maximum Gasteiger partial charge on any atom is 0.306 e. The molecule has 0 aliphatic rings. The van der Waals surface area contributed by atoms with Gasteiger partial charge in [-0.2, -0.15) is 0 Å². The van der Waals surface area contributed by atoms with Crippen LogP contribution in [0.3, 0.4) is 0 Å². The van der Waals surface area contributed by atoms with Crippen molar-refractivity contribution in [1.29, 1.82) is 0 Å². The first-order chi connectivity index (χ1) is 31.2. The highest BCUT2D eigenvalue weighted by Crippen LogP contribution is 2.38. The van der Waals surface area contributed by atoms with Crippen LogP contribution in [0, 0.1) is 0 Å². The molecule has 0 bridgehead atoms. The lowest BCUT2D eigenvalue weighted by Crippen LogP contribution is -2.37. The average Bonchev–Trinajstić information content (AvgIpc) is 3.22. The van der Waals surface area contributed by atoms with Crippen LogP contribution < -0.4 is 4.89 Å². The summed E-state index contributed by atoms with van der Waals surface area (Å²) in [6.07, 6.45) is 47.6. The molecule has 0 saturated carbocycles. The van der Waals surface area contributed by atoms with E-state index < -0.39 is 77.6 Å². The second-order valence-electron chi connectivity index (χ2n) is 13.5. The number of phosphoric acid groups is 1. The van der Waals surface area contributed by atoms with Gasteiger partial charge in [-0.15, -0.1) is 0 Å². The highest BCUT2D eigenvalue weighted by Gasteiger charge is 2.21. The van der Waals surface area contributed by atoms with E-state index in [-0.39, 0.29) is 12.8 Å². The van der Waals surface area contributed by atoms with Crippen molar-refractivity contribution in [3.8, 4) is 0 Å². The third kappa shape index (κ3) is 42.4. The number of allylic oxidation sites excluding steroid dienone is 16. The minimum atomic E-state index is -5.37. The Labute approximate surface area is 360 Å². The second-order valence-corrected chi connectivity index (χ2v) is 14.9. The van der Waals surface area contributed by atoms with Crippen molar-refractivity contribution in [2.45, 2.75) is 142 Å². The van der Waals surface area contributed by atoms with Crippen LogP contribution in [0.5, 0.6) is 0 Å². The van der Waals surface area contributed by atoms with Crippen molar-refractivity contribution < 1.29 is 54.4 Å². The summed E-state index contributed by atoms with van der Waals surface area (Å²) in [6, 6.07) is 0. The Bertz CT molecular complexity index is 1560. The molecule has 0 aromatic rings. The lowest BCUT2D eigenvalue weighted by Gasteiger charge is -2.28. The van der Waals surface area contributed by atoms with Crippen LogP contribution in [0.4, 0.5) is 0 Å². The topological polar surface area (TPSA) is 111 Å². The van der Waals surface area contributed by atoms with Crippen molar-refractivity contribution in [3.63, 3.8) is 0 Å². The Morgan fingerprint density at radius 2 is 1.02 bits per heavy atom. The van der Waals surface area contributed by atoms with Gasteiger partial charge in [-0.1, -0.05) is 137 Å². The third-order valence-electron chi connectivity index (χ3n) is 8.00. The van der Waals surface area contributed by atoms with E-state index in [1.165, 1.54) is 38.5 Å². The molecule has 1 unspecified atom stereocenters. The van der Waals surface area contributed by atoms with Gasteiger partial charge in [0.15, 0.2) is 6.10 Å². The number of hydrogen-bond donors (Lipinski definition) is 0. The van der Waals surface area contributed by atoms with Gasteiger partial charge in [0.05, 0.1) is 39.9 Å².